The molecular weight excluding hydrogens is 257 g/mol. The zero-order valence-corrected chi connectivity index (χ0v) is 10.0. The van der Waals surface area contributed by atoms with E-state index in [1.54, 1.807) is 12.1 Å². The van der Waals surface area contributed by atoms with Crippen LogP contribution in [0.15, 0.2) is 39.8 Å². The molecule has 2 aromatic rings. The summed E-state index contributed by atoms with van der Waals surface area (Å²) in [4.78, 5) is 11.1. The van der Waals surface area contributed by atoms with Gasteiger partial charge in [0.1, 0.15) is 11.6 Å². The first kappa shape index (κ1) is 12.5. The normalized spacial score (nSPS) is 10.5. The van der Waals surface area contributed by atoms with E-state index in [9.17, 15) is 9.18 Å². The summed E-state index contributed by atoms with van der Waals surface area (Å²) < 4.78 is 18.7. The van der Waals surface area contributed by atoms with Crippen molar-refractivity contribution in [3.8, 4) is 0 Å². The number of aromatic carboxylic acids is 1. The highest BCUT2D eigenvalue weighted by atomic mass is 32.2. The Hall–Kier alpha value is -1.95. The quantitative estimate of drug-likeness (QED) is 0.657. The molecule has 0 bridgehead atoms. The zero-order chi connectivity index (χ0) is 13.1. The van der Waals surface area contributed by atoms with Crippen LogP contribution in [0.4, 0.5) is 10.1 Å². The Labute approximate surface area is 107 Å². The fourth-order valence-corrected chi connectivity index (χ4v) is 2.27. The number of carbonyl (C=O) groups is 1. The van der Waals surface area contributed by atoms with Crippen LogP contribution in [0.3, 0.4) is 0 Å². The first-order valence-electron chi connectivity index (χ1n) is 5.05. The van der Waals surface area contributed by atoms with Crippen molar-refractivity contribution in [2.24, 2.45) is 0 Å². The Bertz CT molecular complexity index is 569. The van der Waals surface area contributed by atoms with Crippen LogP contribution in [-0.2, 0) is 5.75 Å². The molecule has 94 valence electrons. The lowest BCUT2D eigenvalue weighted by Gasteiger charge is -2.06. The third kappa shape index (κ3) is 2.65. The van der Waals surface area contributed by atoms with E-state index in [1.165, 1.54) is 12.3 Å². The summed E-state index contributed by atoms with van der Waals surface area (Å²) in [6.07, 6.45) is 1.53. The molecule has 4 nitrogen and oxygen atoms in total. The van der Waals surface area contributed by atoms with Gasteiger partial charge in [0.15, 0.2) is 0 Å². The van der Waals surface area contributed by atoms with Gasteiger partial charge in [0.25, 0.3) is 0 Å². The molecule has 0 fully saturated rings. The minimum atomic E-state index is -1.17. The third-order valence-corrected chi connectivity index (χ3v) is 3.34. The molecule has 6 heteroatoms. The average molecular weight is 267 g/mol. The summed E-state index contributed by atoms with van der Waals surface area (Å²) >= 11 is 1.16. The second-order valence-corrected chi connectivity index (χ2v) is 4.56. The highest BCUT2D eigenvalue weighted by Gasteiger charge is 2.13. The number of hydrogen-bond acceptors (Lipinski definition) is 4. The Morgan fingerprint density at radius 2 is 2.28 bits per heavy atom. The van der Waals surface area contributed by atoms with Crippen LogP contribution in [0.1, 0.15) is 16.1 Å². The van der Waals surface area contributed by atoms with E-state index in [2.05, 4.69) is 0 Å². The highest BCUT2D eigenvalue weighted by Crippen LogP contribution is 2.29. The molecular formula is C12H10FNO3S. The van der Waals surface area contributed by atoms with Gasteiger partial charge >= 0.3 is 5.97 Å². The van der Waals surface area contributed by atoms with E-state index in [0.29, 0.717) is 11.5 Å². The molecule has 0 atom stereocenters. The Morgan fingerprint density at radius 3 is 2.89 bits per heavy atom. The molecule has 1 aromatic carbocycles. The minimum Gasteiger partial charge on any atom is -0.478 e. The van der Waals surface area contributed by atoms with Crippen molar-refractivity contribution in [3.05, 3.63) is 47.7 Å². The van der Waals surface area contributed by atoms with Crippen LogP contribution >= 0.6 is 11.8 Å². The number of benzene rings is 1. The largest absolute Gasteiger partial charge is 0.478 e. The van der Waals surface area contributed by atoms with E-state index in [4.69, 9.17) is 15.3 Å². The van der Waals surface area contributed by atoms with Crippen molar-refractivity contribution in [1.82, 2.24) is 0 Å². The van der Waals surface area contributed by atoms with Gasteiger partial charge in [-0.2, -0.15) is 0 Å². The van der Waals surface area contributed by atoms with E-state index in [0.717, 1.165) is 17.8 Å². The van der Waals surface area contributed by atoms with Crippen LogP contribution in [0, 0.1) is 5.82 Å². The van der Waals surface area contributed by atoms with Gasteiger partial charge in [-0.3, -0.25) is 0 Å². The monoisotopic (exact) mass is 267 g/mol. The van der Waals surface area contributed by atoms with Gasteiger partial charge in [-0.25, -0.2) is 9.18 Å². The molecule has 1 aromatic heterocycles. The lowest BCUT2D eigenvalue weighted by Crippen LogP contribution is -2.03. The van der Waals surface area contributed by atoms with Gasteiger partial charge < -0.3 is 15.3 Å². The van der Waals surface area contributed by atoms with Crippen LogP contribution < -0.4 is 5.73 Å². The lowest BCUT2D eigenvalue weighted by atomic mass is 10.2. The molecule has 0 saturated heterocycles. The molecule has 0 aliphatic rings. The van der Waals surface area contributed by atoms with Crippen molar-refractivity contribution < 1.29 is 18.7 Å². The van der Waals surface area contributed by atoms with Crippen molar-refractivity contribution in [2.75, 3.05) is 5.73 Å². The van der Waals surface area contributed by atoms with Crippen LogP contribution in [0.2, 0.25) is 0 Å². The number of nitrogens with two attached hydrogens (primary N) is 1. The van der Waals surface area contributed by atoms with Gasteiger partial charge in [-0.1, -0.05) is 0 Å². The molecule has 0 saturated carbocycles. The average Bonchev–Trinajstić information content (AvgIpc) is 2.80. The predicted molar refractivity (Wildman–Crippen MR) is 66.0 cm³/mol. The maximum absolute atomic E-state index is 13.6. The maximum atomic E-state index is 13.6. The number of carboxylic acid groups (broad SMARTS) is 1. The minimum absolute atomic E-state index is 0.0812. The molecule has 0 spiro atoms. The zero-order valence-electron chi connectivity index (χ0n) is 9.22. The summed E-state index contributed by atoms with van der Waals surface area (Å²) in [6, 6.07) is 5.76. The van der Waals surface area contributed by atoms with Gasteiger partial charge in [0, 0.05) is 10.6 Å². The van der Waals surface area contributed by atoms with Gasteiger partial charge in [-0.15, -0.1) is 11.8 Å². The number of nitrogen functional groups attached to an aromatic ring is 1. The van der Waals surface area contributed by atoms with Crippen LogP contribution in [-0.4, -0.2) is 11.1 Å². The number of thioether (sulfide) groups is 1. The fourth-order valence-electron chi connectivity index (χ4n) is 1.41. The highest BCUT2D eigenvalue weighted by molar-refractivity contribution is 7.98. The molecule has 0 unspecified atom stereocenters. The second kappa shape index (κ2) is 5.14. The lowest BCUT2D eigenvalue weighted by molar-refractivity contribution is 0.0697. The van der Waals surface area contributed by atoms with Gasteiger partial charge in [0.2, 0.25) is 0 Å². The number of furan rings is 1. The first-order valence-corrected chi connectivity index (χ1v) is 6.04. The summed E-state index contributed by atoms with van der Waals surface area (Å²) in [5, 5.41) is 8.90. The molecule has 1 heterocycles. The maximum Gasteiger partial charge on any atom is 0.337 e. The second-order valence-electron chi connectivity index (χ2n) is 3.54. The molecule has 3 N–H and O–H groups in total. The van der Waals surface area contributed by atoms with Crippen molar-refractivity contribution >= 4 is 23.4 Å². The van der Waals surface area contributed by atoms with Gasteiger partial charge in [0.05, 0.1) is 17.6 Å². The van der Waals surface area contributed by atoms with Crippen LogP contribution in [0.25, 0.3) is 0 Å². The Kier molecular flexibility index (Phi) is 3.57. The SMILES string of the molecule is Nc1cc(F)c(SCc2ccco2)cc1C(=O)O. The first-order chi connectivity index (χ1) is 8.58. The Balaban J connectivity index is 2.22. The van der Waals surface area contributed by atoms with Crippen LogP contribution in [0.5, 0.6) is 0 Å². The summed E-state index contributed by atoms with van der Waals surface area (Å²) in [5.41, 5.74) is 5.25. The summed E-state index contributed by atoms with van der Waals surface area (Å²) in [7, 11) is 0. The van der Waals surface area contributed by atoms with E-state index < -0.39 is 11.8 Å². The van der Waals surface area contributed by atoms with Crippen molar-refractivity contribution in [1.29, 1.82) is 0 Å². The van der Waals surface area contributed by atoms with Crippen molar-refractivity contribution in [2.45, 2.75) is 10.6 Å². The van der Waals surface area contributed by atoms with Gasteiger partial charge in [-0.05, 0) is 24.3 Å². The number of rotatable bonds is 4. The third-order valence-electron chi connectivity index (χ3n) is 2.28. The number of hydrogen-bond donors (Lipinski definition) is 2. The van der Waals surface area contributed by atoms with E-state index in [1.807, 2.05) is 0 Å². The fraction of sp³-hybridized carbons (Fsp3) is 0.0833. The molecule has 0 radical (unpaired) electrons. The summed E-state index contributed by atoms with van der Waals surface area (Å²) in [6.45, 7) is 0. The van der Waals surface area contributed by atoms with E-state index in [-0.39, 0.29) is 16.1 Å². The number of anilines is 1. The molecule has 2 rings (SSSR count). The van der Waals surface area contributed by atoms with E-state index >= 15 is 0 Å². The van der Waals surface area contributed by atoms with Crippen molar-refractivity contribution in [3.63, 3.8) is 0 Å². The molecule has 18 heavy (non-hydrogen) atoms. The molecule has 0 aliphatic carbocycles. The summed E-state index contributed by atoms with van der Waals surface area (Å²) in [5.74, 6) is -0.595. The number of carboxylic acids is 1. The molecule has 0 aliphatic heterocycles. The predicted octanol–water partition coefficient (Wildman–Crippen LogP) is 2.99. The Morgan fingerprint density at radius 1 is 1.50 bits per heavy atom. The number of halogens is 1. The topological polar surface area (TPSA) is 76.5 Å². The molecule has 0 amide bonds. The standard InChI is InChI=1S/C12H10FNO3S/c13-9-5-10(14)8(12(15)16)4-11(9)18-6-7-2-1-3-17-7/h1-5H,6,14H2,(H,15,16). The smallest absolute Gasteiger partial charge is 0.337 e.